The third-order valence-corrected chi connectivity index (χ3v) is 4.46. The van der Waals surface area contributed by atoms with Crippen LogP contribution in [0.25, 0.3) is 0 Å². The van der Waals surface area contributed by atoms with Crippen molar-refractivity contribution < 1.29 is 19.4 Å². The van der Waals surface area contributed by atoms with Crippen molar-refractivity contribution in [2.45, 2.75) is 86.9 Å². The van der Waals surface area contributed by atoms with Crippen LogP contribution in [0.1, 0.15) is 75.7 Å². The Balaban J connectivity index is 3.73. The number of carbonyl (C=O) groups excluding carboxylic acids is 1. The van der Waals surface area contributed by atoms with E-state index in [1.807, 2.05) is 81.4 Å². The Kier molecular flexibility index (Phi) is 6.88. The maximum Gasteiger partial charge on any atom is 0.199 e. The number of hydrogen-bond donors (Lipinski definition) is 0. The first-order chi connectivity index (χ1) is 12.1. The molecule has 0 fully saturated rings. The Bertz CT molecular complexity index is 651. The molecule has 0 saturated carbocycles. The molecule has 0 aliphatic heterocycles. The van der Waals surface area contributed by atoms with Crippen molar-refractivity contribution in [3.05, 3.63) is 23.3 Å². The summed E-state index contributed by atoms with van der Waals surface area (Å²) in [5, 5.41) is 4.16. The highest BCUT2D eigenvalue weighted by molar-refractivity contribution is 6.12. The molecule has 0 aromatic heterocycles. The topological polar surface area (TPSA) is 57.1 Å². The zero-order valence-corrected chi connectivity index (χ0v) is 18.9. The highest BCUT2D eigenvalue weighted by atomic mass is 17.2. The van der Waals surface area contributed by atoms with E-state index >= 15 is 0 Å². The number of carbonyl (C=O) groups is 1. The van der Waals surface area contributed by atoms with Crippen molar-refractivity contribution in [2.24, 2.45) is 16.0 Å². The fourth-order valence-corrected chi connectivity index (χ4v) is 2.84. The molecule has 1 aliphatic carbocycles. The molecule has 0 amide bonds. The molecule has 0 saturated heterocycles. The summed E-state index contributed by atoms with van der Waals surface area (Å²) in [7, 11) is 1.52. The molecule has 0 aromatic rings. The van der Waals surface area contributed by atoms with Gasteiger partial charge in [-0.1, -0.05) is 53.6 Å². The van der Waals surface area contributed by atoms with Gasteiger partial charge in [0.1, 0.15) is 7.11 Å². The molecular weight excluding hydrogens is 342 g/mol. The van der Waals surface area contributed by atoms with Crippen LogP contribution < -0.4 is 0 Å². The van der Waals surface area contributed by atoms with E-state index in [1.165, 1.54) is 7.11 Å². The molecule has 1 atom stereocenters. The van der Waals surface area contributed by atoms with Gasteiger partial charge in [-0.25, -0.2) is 9.78 Å². The van der Waals surface area contributed by atoms with Crippen LogP contribution in [0.15, 0.2) is 28.5 Å². The van der Waals surface area contributed by atoms with E-state index in [-0.39, 0.29) is 11.2 Å². The first-order valence-corrected chi connectivity index (χ1v) is 9.56. The molecule has 0 spiro atoms. The molecule has 0 radical (unpaired) electrons. The number of Topliss-reactive ketones (excluding diaryl/α,β-unsaturated/α-hetero) is 1. The summed E-state index contributed by atoms with van der Waals surface area (Å²) in [4.78, 5) is 30.4. The van der Waals surface area contributed by atoms with Crippen molar-refractivity contribution >= 4 is 11.5 Å². The standard InChI is InChI=1S/C22H37NO4/c1-12-17(23-25-11)15-13-16(19(2,3)4)18(24)22(14-15,20(5,6)7)27-26-21(8,9)10/h13-14H,12H2,1-11H3/b23-17+. The summed E-state index contributed by atoms with van der Waals surface area (Å²) in [6.45, 7) is 19.7. The highest BCUT2D eigenvalue weighted by Gasteiger charge is 2.54. The Morgan fingerprint density at radius 1 is 1.07 bits per heavy atom. The Morgan fingerprint density at radius 2 is 1.63 bits per heavy atom. The van der Waals surface area contributed by atoms with Crippen LogP contribution in [0.4, 0.5) is 0 Å². The van der Waals surface area contributed by atoms with Crippen molar-refractivity contribution in [1.82, 2.24) is 0 Å². The molecule has 1 rings (SSSR count). The van der Waals surface area contributed by atoms with Gasteiger partial charge in [0, 0.05) is 11.0 Å². The fraction of sp³-hybridized carbons (Fsp3) is 0.727. The first-order valence-electron chi connectivity index (χ1n) is 9.56. The lowest BCUT2D eigenvalue weighted by Crippen LogP contribution is -2.55. The van der Waals surface area contributed by atoms with Gasteiger partial charge in [-0.05, 0) is 50.3 Å². The number of allylic oxidation sites excluding steroid dienone is 2. The van der Waals surface area contributed by atoms with Crippen LogP contribution in [0.2, 0.25) is 0 Å². The quantitative estimate of drug-likeness (QED) is 0.364. The van der Waals surface area contributed by atoms with Gasteiger partial charge in [0.25, 0.3) is 0 Å². The van der Waals surface area contributed by atoms with Crippen LogP contribution in [-0.4, -0.2) is 29.8 Å². The molecule has 154 valence electrons. The minimum atomic E-state index is -1.27. The second kappa shape index (κ2) is 7.88. The van der Waals surface area contributed by atoms with Gasteiger partial charge < -0.3 is 4.84 Å². The summed E-state index contributed by atoms with van der Waals surface area (Å²) in [5.41, 5.74) is -0.442. The largest absolute Gasteiger partial charge is 0.399 e. The zero-order chi connectivity index (χ0) is 21.3. The predicted octanol–water partition coefficient (Wildman–Crippen LogP) is 5.41. The Labute approximate surface area is 164 Å². The van der Waals surface area contributed by atoms with E-state index in [1.54, 1.807) is 0 Å². The maximum atomic E-state index is 13.7. The molecule has 1 aliphatic rings. The van der Waals surface area contributed by atoms with Gasteiger partial charge in [0.05, 0.1) is 11.3 Å². The number of ketones is 1. The van der Waals surface area contributed by atoms with Gasteiger partial charge in [0.2, 0.25) is 0 Å². The van der Waals surface area contributed by atoms with Crippen LogP contribution in [-0.2, 0) is 19.4 Å². The van der Waals surface area contributed by atoms with Crippen molar-refractivity contribution in [3.8, 4) is 0 Å². The monoisotopic (exact) mass is 379 g/mol. The minimum absolute atomic E-state index is 0.0802. The molecule has 5 heteroatoms. The van der Waals surface area contributed by atoms with Crippen LogP contribution in [0, 0.1) is 10.8 Å². The number of nitrogens with zero attached hydrogens (tertiary/aromatic N) is 1. The lowest BCUT2D eigenvalue weighted by Gasteiger charge is -2.45. The summed E-state index contributed by atoms with van der Waals surface area (Å²) in [6.07, 6.45) is 4.42. The van der Waals surface area contributed by atoms with Gasteiger partial charge in [-0.15, -0.1) is 0 Å². The van der Waals surface area contributed by atoms with Crippen molar-refractivity contribution in [1.29, 1.82) is 0 Å². The second-order valence-electron chi connectivity index (χ2n) is 10.1. The van der Waals surface area contributed by atoms with E-state index in [2.05, 4.69) is 5.16 Å². The van der Waals surface area contributed by atoms with Gasteiger partial charge >= 0.3 is 0 Å². The molecule has 5 nitrogen and oxygen atoms in total. The molecule has 27 heavy (non-hydrogen) atoms. The average Bonchev–Trinajstić information content (AvgIpc) is 2.48. The van der Waals surface area contributed by atoms with E-state index < -0.39 is 16.6 Å². The van der Waals surface area contributed by atoms with Crippen LogP contribution in [0.5, 0.6) is 0 Å². The number of rotatable bonds is 5. The van der Waals surface area contributed by atoms with Gasteiger partial charge in [-0.3, -0.25) is 4.79 Å². The van der Waals surface area contributed by atoms with E-state index in [4.69, 9.17) is 14.6 Å². The predicted molar refractivity (Wildman–Crippen MR) is 109 cm³/mol. The second-order valence-corrected chi connectivity index (χ2v) is 10.1. The summed E-state index contributed by atoms with van der Waals surface area (Å²) < 4.78 is 0. The van der Waals surface area contributed by atoms with Crippen LogP contribution >= 0.6 is 0 Å². The molecular formula is C22H37NO4. The van der Waals surface area contributed by atoms with Crippen LogP contribution in [0.3, 0.4) is 0 Å². The van der Waals surface area contributed by atoms with Gasteiger partial charge in [0.15, 0.2) is 11.4 Å². The third kappa shape index (κ3) is 5.29. The zero-order valence-electron chi connectivity index (χ0n) is 18.9. The molecule has 1 unspecified atom stereocenters. The van der Waals surface area contributed by atoms with Gasteiger partial charge in [-0.2, -0.15) is 0 Å². The average molecular weight is 380 g/mol. The minimum Gasteiger partial charge on any atom is -0.399 e. The third-order valence-electron chi connectivity index (χ3n) is 4.46. The Hall–Kier alpha value is -1.46. The van der Waals surface area contributed by atoms with E-state index in [0.29, 0.717) is 12.0 Å². The number of hydrogen-bond acceptors (Lipinski definition) is 5. The van der Waals surface area contributed by atoms with E-state index in [9.17, 15) is 4.79 Å². The summed E-state index contributed by atoms with van der Waals surface area (Å²) >= 11 is 0. The van der Waals surface area contributed by atoms with Crippen molar-refractivity contribution in [3.63, 3.8) is 0 Å². The molecule has 0 heterocycles. The van der Waals surface area contributed by atoms with E-state index in [0.717, 1.165) is 11.3 Å². The van der Waals surface area contributed by atoms with Crippen molar-refractivity contribution in [2.75, 3.05) is 7.11 Å². The molecule has 0 N–H and O–H groups in total. The lowest BCUT2D eigenvalue weighted by atomic mass is 9.65. The normalized spacial score (nSPS) is 22.5. The number of oxime groups is 1. The SMILES string of the molecule is CC/C(=N\OC)C1=CC(OOC(C)(C)C)(C(C)(C)C)C(=O)C(C(C)(C)C)=C1. The summed E-state index contributed by atoms with van der Waals surface area (Å²) in [5.74, 6) is -0.0802. The fourth-order valence-electron chi connectivity index (χ4n) is 2.84. The summed E-state index contributed by atoms with van der Waals surface area (Å²) in [6, 6.07) is 0. The molecule has 0 aromatic carbocycles. The Morgan fingerprint density at radius 3 is 2.00 bits per heavy atom. The molecule has 0 bridgehead atoms. The smallest absolute Gasteiger partial charge is 0.199 e. The first kappa shape index (κ1) is 23.6. The highest BCUT2D eigenvalue weighted by Crippen LogP contribution is 2.46. The maximum absolute atomic E-state index is 13.7. The lowest BCUT2D eigenvalue weighted by molar-refractivity contribution is -0.397.